The number of benzene rings is 1. The number of aryl methyl sites for hydroxylation is 1. The maximum atomic E-state index is 12.5. The minimum atomic E-state index is -0.439. The number of hydrogen-bond donors (Lipinski definition) is 2. The first-order valence-electron chi connectivity index (χ1n) is 9.44. The third-order valence-corrected chi connectivity index (χ3v) is 5.47. The number of hydrogen-bond acceptors (Lipinski definition) is 4. The standard InChI is InChI=1S/C20H30N2O3.ClH/c1-14-4-6-16(7-5-14)19-17(3-2-10-25-19)13-22-20(23)18(21)15-8-11-24-12-9-15;/h4-7,15,17-19H,2-3,8-13,21H2,1H3,(H,22,23);1H. The van der Waals surface area contributed by atoms with E-state index < -0.39 is 6.04 Å². The normalized spacial score (nSPS) is 25.2. The Morgan fingerprint density at radius 3 is 2.58 bits per heavy atom. The maximum Gasteiger partial charge on any atom is 0.237 e. The lowest BCUT2D eigenvalue weighted by Gasteiger charge is -2.33. The molecule has 3 unspecified atom stereocenters. The molecule has 1 amide bonds. The summed E-state index contributed by atoms with van der Waals surface area (Å²) in [6.45, 7) is 4.90. The summed E-state index contributed by atoms with van der Waals surface area (Å²) in [7, 11) is 0. The van der Waals surface area contributed by atoms with Crippen molar-refractivity contribution in [2.75, 3.05) is 26.4 Å². The summed E-state index contributed by atoms with van der Waals surface area (Å²) in [4.78, 5) is 12.5. The molecule has 1 aromatic carbocycles. The van der Waals surface area contributed by atoms with Gasteiger partial charge in [0, 0.05) is 32.3 Å². The smallest absolute Gasteiger partial charge is 0.237 e. The van der Waals surface area contributed by atoms with E-state index in [1.807, 2.05) is 0 Å². The Bertz CT molecular complexity index is 561. The lowest BCUT2D eigenvalue weighted by Crippen LogP contribution is -2.48. The van der Waals surface area contributed by atoms with Crippen LogP contribution in [0.1, 0.15) is 42.9 Å². The van der Waals surface area contributed by atoms with E-state index in [-0.39, 0.29) is 30.3 Å². The fraction of sp³-hybridized carbons (Fsp3) is 0.650. The lowest BCUT2D eigenvalue weighted by atomic mass is 9.88. The molecule has 2 fully saturated rings. The van der Waals surface area contributed by atoms with E-state index >= 15 is 0 Å². The Morgan fingerprint density at radius 1 is 1.19 bits per heavy atom. The average Bonchev–Trinajstić information content (AvgIpc) is 2.67. The lowest BCUT2D eigenvalue weighted by molar-refractivity contribution is -0.125. The van der Waals surface area contributed by atoms with Gasteiger partial charge in [-0.3, -0.25) is 4.79 Å². The molecule has 5 nitrogen and oxygen atoms in total. The molecule has 3 rings (SSSR count). The topological polar surface area (TPSA) is 73.6 Å². The predicted molar refractivity (Wildman–Crippen MR) is 104 cm³/mol. The number of nitrogens with one attached hydrogen (secondary N) is 1. The summed E-state index contributed by atoms with van der Waals surface area (Å²) in [5.74, 6) is 0.478. The summed E-state index contributed by atoms with van der Waals surface area (Å²) in [5.41, 5.74) is 8.61. The van der Waals surface area contributed by atoms with E-state index in [0.717, 1.165) is 32.3 Å². The fourth-order valence-corrected chi connectivity index (χ4v) is 3.82. The third-order valence-electron chi connectivity index (χ3n) is 5.47. The molecule has 26 heavy (non-hydrogen) atoms. The van der Waals surface area contributed by atoms with E-state index in [2.05, 4.69) is 36.5 Å². The second kappa shape index (κ2) is 10.3. The van der Waals surface area contributed by atoms with E-state index in [0.29, 0.717) is 25.7 Å². The average molecular weight is 383 g/mol. The van der Waals surface area contributed by atoms with Crippen LogP contribution >= 0.6 is 12.4 Å². The van der Waals surface area contributed by atoms with E-state index in [4.69, 9.17) is 15.2 Å². The zero-order valence-corrected chi connectivity index (χ0v) is 16.3. The summed E-state index contributed by atoms with van der Waals surface area (Å²) in [6.07, 6.45) is 3.88. The molecular formula is C20H31ClN2O3. The fourth-order valence-electron chi connectivity index (χ4n) is 3.82. The molecule has 2 heterocycles. The van der Waals surface area contributed by atoms with Gasteiger partial charge >= 0.3 is 0 Å². The Labute approximate surface area is 162 Å². The van der Waals surface area contributed by atoms with Gasteiger partial charge in [-0.05, 0) is 44.1 Å². The maximum absolute atomic E-state index is 12.5. The molecule has 0 aromatic heterocycles. The highest BCUT2D eigenvalue weighted by atomic mass is 35.5. The number of halogens is 1. The molecule has 146 valence electrons. The Balaban J connectivity index is 0.00000243. The second-order valence-electron chi connectivity index (χ2n) is 7.33. The van der Waals surface area contributed by atoms with Gasteiger partial charge in [0.2, 0.25) is 5.91 Å². The molecule has 3 N–H and O–H groups in total. The first kappa shape index (κ1) is 21.2. The van der Waals surface area contributed by atoms with Crippen LogP contribution in [-0.4, -0.2) is 38.3 Å². The minimum Gasteiger partial charge on any atom is -0.381 e. The van der Waals surface area contributed by atoms with E-state index in [9.17, 15) is 4.79 Å². The molecule has 2 saturated heterocycles. The van der Waals surface area contributed by atoms with Crippen molar-refractivity contribution in [2.45, 2.75) is 44.8 Å². The summed E-state index contributed by atoms with van der Waals surface area (Å²) < 4.78 is 11.4. The van der Waals surface area contributed by atoms with Crippen molar-refractivity contribution >= 4 is 18.3 Å². The van der Waals surface area contributed by atoms with Crippen LogP contribution in [0, 0.1) is 18.8 Å². The molecular weight excluding hydrogens is 352 g/mol. The summed E-state index contributed by atoms with van der Waals surface area (Å²) in [6, 6.07) is 8.06. The first-order chi connectivity index (χ1) is 12.1. The van der Waals surface area contributed by atoms with Crippen LogP contribution < -0.4 is 11.1 Å². The molecule has 3 atom stereocenters. The van der Waals surface area contributed by atoms with Crippen LogP contribution in [0.4, 0.5) is 0 Å². The Kier molecular flexibility index (Phi) is 8.35. The van der Waals surface area contributed by atoms with Gasteiger partial charge in [-0.25, -0.2) is 0 Å². The zero-order valence-electron chi connectivity index (χ0n) is 15.5. The summed E-state index contributed by atoms with van der Waals surface area (Å²) >= 11 is 0. The van der Waals surface area contributed by atoms with Gasteiger partial charge in [0.25, 0.3) is 0 Å². The number of carbonyl (C=O) groups is 1. The molecule has 2 aliphatic heterocycles. The quantitative estimate of drug-likeness (QED) is 0.821. The van der Waals surface area contributed by atoms with Crippen molar-refractivity contribution in [1.82, 2.24) is 5.32 Å². The predicted octanol–water partition coefficient (Wildman–Crippen LogP) is 2.75. The van der Waals surface area contributed by atoms with Gasteiger partial charge in [0.15, 0.2) is 0 Å². The van der Waals surface area contributed by atoms with Crippen molar-refractivity contribution in [1.29, 1.82) is 0 Å². The van der Waals surface area contributed by atoms with Crippen LogP contribution in [0.25, 0.3) is 0 Å². The minimum absolute atomic E-state index is 0. The molecule has 1 aromatic rings. The number of amides is 1. The first-order valence-corrected chi connectivity index (χ1v) is 9.44. The number of ether oxygens (including phenoxy) is 2. The molecule has 6 heteroatoms. The van der Waals surface area contributed by atoms with Gasteiger partial charge in [0.1, 0.15) is 0 Å². The van der Waals surface area contributed by atoms with Crippen LogP contribution in [-0.2, 0) is 14.3 Å². The Morgan fingerprint density at radius 2 is 1.88 bits per heavy atom. The van der Waals surface area contributed by atoms with Crippen molar-refractivity contribution in [3.63, 3.8) is 0 Å². The molecule has 0 radical (unpaired) electrons. The van der Waals surface area contributed by atoms with E-state index in [1.54, 1.807) is 0 Å². The van der Waals surface area contributed by atoms with Crippen LogP contribution in [0.2, 0.25) is 0 Å². The Hall–Kier alpha value is -1.14. The number of rotatable bonds is 5. The second-order valence-corrected chi connectivity index (χ2v) is 7.33. The van der Waals surface area contributed by atoms with E-state index in [1.165, 1.54) is 11.1 Å². The third kappa shape index (κ3) is 5.43. The van der Waals surface area contributed by atoms with Gasteiger partial charge in [-0.2, -0.15) is 0 Å². The monoisotopic (exact) mass is 382 g/mol. The molecule has 0 saturated carbocycles. The van der Waals surface area contributed by atoms with Crippen LogP contribution in [0.3, 0.4) is 0 Å². The zero-order chi connectivity index (χ0) is 17.6. The highest BCUT2D eigenvalue weighted by molar-refractivity contribution is 5.85. The summed E-state index contributed by atoms with van der Waals surface area (Å²) in [5, 5.41) is 3.08. The van der Waals surface area contributed by atoms with Gasteiger partial charge in [0.05, 0.1) is 12.1 Å². The van der Waals surface area contributed by atoms with Gasteiger partial charge in [-0.1, -0.05) is 29.8 Å². The number of nitrogens with two attached hydrogens (primary N) is 1. The molecule has 0 spiro atoms. The highest BCUT2D eigenvalue weighted by Crippen LogP contribution is 2.33. The van der Waals surface area contributed by atoms with Crippen molar-refractivity contribution in [3.8, 4) is 0 Å². The number of carbonyl (C=O) groups excluding carboxylic acids is 1. The van der Waals surface area contributed by atoms with Crippen LogP contribution in [0.15, 0.2) is 24.3 Å². The largest absolute Gasteiger partial charge is 0.381 e. The molecule has 2 aliphatic rings. The molecule has 0 aliphatic carbocycles. The molecule has 0 bridgehead atoms. The van der Waals surface area contributed by atoms with Crippen molar-refractivity contribution in [2.24, 2.45) is 17.6 Å². The van der Waals surface area contributed by atoms with Crippen molar-refractivity contribution < 1.29 is 14.3 Å². The van der Waals surface area contributed by atoms with Gasteiger partial charge in [-0.15, -0.1) is 12.4 Å². The van der Waals surface area contributed by atoms with Crippen LogP contribution in [0.5, 0.6) is 0 Å². The highest BCUT2D eigenvalue weighted by Gasteiger charge is 2.30. The van der Waals surface area contributed by atoms with Crippen molar-refractivity contribution in [3.05, 3.63) is 35.4 Å². The SMILES string of the molecule is Cc1ccc(C2OCCCC2CNC(=O)C(N)C2CCOCC2)cc1.Cl. The van der Waals surface area contributed by atoms with Gasteiger partial charge < -0.3 is 20.5 Å².